The van der Waals surface area contributed by atoms with E-state index >= 15 is 0 Å². The number of carbonyl (C=O) groups is 2. The van der Waals surface area contributed by atoms with E-state index in [4.69, 9.17) is 21.1 Å². The van der Waals surface area contributed by atoms with E-state index in [0.717, 1.165) is 5.56 Å². The number of esters is 1. The van der Waals surface area contributed by atoms with Crippen molar-refractivity contribution in [3.63, 3.8) is 0 Å². The molecule has 3 aromatic rings. The van der Waals surface area contributed by atoms with Crippen LogP contribution in [-0.4, -0.2) is 36.5 Å². The maximum absolute atomic E-state index is 13.0. The molecule has 1 aromatic heterocycles. The summed E-state index contributed by atoms with van der Waals surface area (Å²) in [6.07, 6.45) is 0. The first-order chi connectivity index (χ1) is 15.9. The summed E-state index contributed by atoms with van der Waals surface area (Å²) in [5.74, 6) is -0.761. The molecule has 0 atom stereocenters. The molecule has 0 aliphatic carbocycles. The Kier molecular flexibility index (Phi) is 8.01. The molecule has 0 amide bonds. The van der Waals surface area contributed by atoms with Crippen molar-refractivity contribution < 1.29 is 19.1 Å². The van der Waals surface area contributed by atoms with Crippen LogP contribution in [0.25, 0.3) is 11.3 Å². The summed E-state index contributed by atoms with van der Waals surface area (Å²) in [5.41, 5.74) is 3.11. The van der Waals surface area contributed by atoms with Crippen molar-refractivity contribution in [1.29, 1.82) is 5.26 Å². The summed E-state index contributed by atoms with van der Waals surface area (Å²) in [5, 5.41) is 12.8. The van der Waals surface area contributed by atoms with Gasteiger partial charge in [-0.2, -0.15) is 5.26 Å². The normalized spacial score (nSPS) is 10.2. The fourth-order valence-corrected chi connectivity index (χ4v) is 3.31. The molecule has 7 nitrogen and oxygen atoms in total. The van der Waals surface area contributed by atoms with Gasteiger partial charge in [0.1, 0.15) is 18.2 Å². The second-order valence-electron chi connectivity index (χ2n) is 7.04. The number of anilines is 1. The van der Waals surface area contributed by atoms with Gasteiger partial charge in [0.15, 0.2) is 6.61 Å². The highest BCUT2D eigenvalue weighted by atomic mass is 35.5. The third-order valence-corrected chi connectivity index (χ3v) is 4.95. The molecule has 0 aliphatic rings. The Morgan fingerprint density at radius 1 is 1.15 bits per heavy atom. The highest BCUT2D eigenvalue weighted by Gasteiger charge is 2.18. The van der Waals surface area contributed by atoms with Gasteiger partial charge in [-0.1, -0.05) is 41.9 Å². The number of benzene rings is 2. The maximum atomic E-state index is 13.0. The number of carbonyl (C=O) groups excluding carboxylic acids is 2. The minimum absolute atomic E-state index is 0.0766. The van der Waals surface area contributed by atoms with E-state index in [-0.39, 0.29) is 36.8 Å². The third kappa shape index (κ3) is 6.09. The monoisotopic (exact) mass is 463 g/mol. The summed E-state index contributed by atoms with van der Waals surface area (Å²) < 4.78 is 10.6. The first kappa shape index (κ1) is 23.8. The van der Waals surface area contributed by atoms with Crippen LogP contribution < -0.4 is 10.1 Å². The second kappa shape index (κ2) is 11.1. The number of nitrogens with zero attached hydrogens (tertiary/aromatic N) is 2. The van der Waals surface area contributed by atoms with Crippen LogP contribution in [0.5, 0.6) is 5.88 Å². The van der Waals surface area contributed by atoms with Crippen molar-refractivity contribution in [3.05, 3.63) is 76.3 Å². The lowest BCUT2D eigenvalue weighted by molar-refractivity contribution is -0.140. The van der Waals surface area contributed by atoms with Crippen LogP contribution in [0.4, 0.5) is 5.69 Å². The highest BCUT2D eigenvalue weighted by Crippen LogP contribution is 2.27. The number of ether oxygens (including phenoxy) is 2. The minimum atomic E-state index is -0.446. The molecule has 0 spiro atoms. The molecule has 33 heavy (non-hydrogen) atoms. The van der Waals surface area contributed by atoms with Crippen LogP contribution >= 0.6 is 11.6 Å². The second-order valence-corrected chi connectivity index (χ2v) is 7.48. The zero-order chi connectivity index (χ0) is 23.8. The Bertz CT molecular complexity index is 1210. The van der Waals surface area contributed by atoms with Crippen molar-refractivity contribution in [3.8, 4) is 23.2 Å². The predicted octanol–water partition coefficient (Wildman–Crippen LogP) is 4.82. The predicted molar refractivity (Wildman–Crippen MR) is 126 cm³/mol. The SMILES string of the molecule is CCOC(=O)CNc1ccc(Cl)cc1C(=O)COc1nc(-c2ccccc2)cc(C)c1C#N. The number of nitrogens with one attached hydrogen (secondary N) is 1. The number of halogens is 1. The molecule has 168 valence electrons. The van der Waals surface area contributed by atoms with E-state index in [0.29, 0.717) is 22.0 Å². The summed E-state index contributed by atoms with van der Waals surface area (Å²) >= 11 is 6.08. The van der Waals surface area contributed by atoms with Gasteiger partial charge in [0, 0.05) is 21.8 Å². The van der Waals surface area contributed by atoms with E-state index in [1.807, 2.05) is 30.3 Å². The summed E-state index contributed by atoms with van der Waals surface area (Å²) in [6.45, 7) is 3.29. The molecule has 0 unspecified atom stereocenters. The zero-order valence-corrected chi connectivity index (χ0v) is 19.0. The van der Waals surface area contributed by atoms with Crippen molar-refractivity contribution in [1.82, 2.24) is 4.98 Å². The van der Waals surface area contributed by atoms with E-state index in [1.165, 1.54) is 6.07 Å². The average Bonchev–Trinajstić information content (AvgIpc) is 2.82. The average molecular weight is 464 g/mol. The molecule has 1 heterocycles. The van der Waals surface area contributed by atoms with Crippen LogP contribution in [0.1, 0.15) is 28.4 Å². The molecule has 0 saturated carbocycles. The Hall–Kier alpha value is -3.89. The largest absolute Gasteiger partial charge is 0.468 e. The van der Waals surface area contributed by atoms with E-state index in [2.05, 4.69) is 16.4 Å². The lowest BCUT2D eigenvalue weighted by Crippen LogP contribution is -2.20. The van der Waals surface area contributed by atoms with Gasteiger partial charge in [-0.05, 0) is 43.7 Å². The molecule has 1 N–H and O–H groups in total. The van der Waals surface area contributed by atoms with Gasteiger partial charge in [0.2, 0.25) is 11.7 Å². The van der Waals surface area contributed by atoms with Gasteiger partial charge in [-0.25, -0.2) is 4.98 Å². The number of hydrogen-bond donors (Lipinski definition) is 1. The molecule has 8 heteroatoms. The number of Topliss-reactive ketones (excluding diaryl/α,β-unsaturated/α-hetero) is 1. The number of pyridine rings is 1. The lowest BCUT2D eigenvalue weighted by Gasteiger charge is -2.13. The van der Waals surface area contributed by atoms with E-state index in [1.54, 1.807) is 32.0 Å². The van der Waals surface area contributed by atoms with Gasteiger partial charge >= 0.3 is 5.97 Å². The summed E-state index contributed by atoms with van der Waals surface area (Å²) in [7, 11) is 0. The third-order valence-electron chi connectivity index (χ3n) is 4.72. The van der Waals surface area contributed by atoms with Crippen LogP contribution in [0.2, 0.25) is 5.02 Å². The topological polar surface area (TPSA) is 101 Å². The van der Waals surface area contributed by atoms with Gasteiger partial charge in [0.25, 0.3) is 0 Å². The molecule has 2 aromatic carbocycles. The van der Waals surface area contributed by atoms with Crippen LogP contribution in [-0.2, 0) is 9.53 Å². The molecule has 0 bridgehead atoms. The summed E-state index contributed by atoms with van der Waals surface area (Å²) in [6, 6.07) is 18.1. The van der Waals surface area contributed by atoms with Crippen molar-refractivity contribution in [2.45, 2.75) is 13.8 Å². The molecule has 0 aliphatic heterocycles. The smallest absolute Gasteiger partial charge is 0.325 e. The molecule has 0 fully saturated rings. The van der Waals surface area contributed by atoms with Crippen LogP contribution in [0.15, 0.2) is 54.6 Å². The van der Waals surface area contributed by atoms with Gasteiger partial charge < -0.3 is 14.8 Å². The Morgan fingerprint density at radius 3 is 2.61 bits per heavy atom. The number of hydrogen-bond acceptors (Lipinski definition) is 7. The fourth-order valence-electron chi connectivity index (χ4n) is 3.13. The summed E-state index contributed by atoms with van der Waals surface area (Å²) in [4.78, 5) is 29.1. The number of nitriles is 1. The Balaban J connectivity index is 1.82. The lowest BCUT2D eigenvalue weighted by atomic mass is 10.1. The van der Waals surface area contributed by atoms with Crippen molar-refractivity contribution >= 4 is 29.0 Å². The minimum Gasteiger partial charge on any atom is -0.468 e. The zero-order valence-electron chi connectivity index (χ0n) is 18.2. The molecule has 0 radical (unpaired) electrons. The van der Waals surface area contributed by atoms with Crippen molar-refractivity contribution in [2.75, 3.05) is 25.1 Å². The van der Waals surface area contributed by atoms with Gasteiger partial charge in [-0.15, -0.1) is 0 Å². The Morgan fingerprint density at radius 2 is 1.91 bits per heavy atom. The molecular weight excluding hydrogens is 442 g/mol. The number of ketones is 1. The molecular formula is C25H22ClN3O4. The first-order valence-electron chi connectivity index (χ1n) is 10.2. The first-order valence-corrected chi connectivity index (χ1v) is 10.6. The van der Waals surface area contributed by atoms with E-state index in [9.17, 15) is 14.9 Å². The number of aromatic nitrogens is 1. The van der Waals surface area contributed by atoms with Crippen LogP contribution in [0.3, 0.4) is 0 Å². The Labute approximate surface area is 196 Å². The van der Waals surface area contributed by atoms with E-state index < -0.39 is 11.8 Å². The maximum Gasteiger partial charge on any atom is 0.325 e. The molecule has 0 saturated heterocycles. The number of aryl methyl sites for hydroxylation is 1. The molecule has 3 rings (SSSR count). The van der Waals surface area contributed by atoms with Gasteiger partial charge in [-0.3, -0.25) is 9.59 Å². The van der Waals surface area contributed by atoms with Crippen molar-refractivity contribution in [2.24, 2.45) is 0 Å². The van der Waals surface area contributed by atoms with Crippen LogP contribution in [0, 0.1) is 18.3 Å². The highest BCUT2D eigenvalue weighted by molar-refractivity contribution is 6.31. The quantitative estimate of drug-likeness (QED) is 0.358. The fraction of sp³-hybridized carbons (Fsp3) is 0.200. The van der Waals surface area contributed by atoms with Gasteiger partial charge in [0.05, 0.1) is 12.3 Å². The standard InChI is InChI=1S/C25H22ClN3O4/c1-3-32-24(31)14-28-21-10-9-18(26)12-19(21)23(30)15-33-25-20(13-27)16(2)11-22(29-25)17-7-5-4-6-8-17/h4-12,28H,3,14-15H2,1-2H3. The number of rotatable bonds is 9.